The maximum atomic E-state index is 12.0. The second-order valence-electron chi connectivity index (χ2n) is 4.96. The molecule has 0 radical (unpaired) electrons. The molecule has 5 N–H and O–H groups in total. The van der Waals surface area contributed by atoms with Gasteiger partial charge in [-0.3, -0.25) is 9.59 Å². The van der Waals surface area contributed by atoms with Gasteiger partial charge in [0.1, 0.15) is 0 Å². The van der Waals surface area contributed by atoms with Gasteiger partial charge in [0, 0.05) is 18.7 Å². The second-order valence-corrected chi connectivity index (χ2v) is 4.96. The number of nitrogen functional groups attached to an aromatic ring is 1. The van der Waals surface area contributed by atoms with Crippen molar-refractivity contribution < 1.29 is 9.59 Å². The standard InChI is InChI=1S/C14H20N4O2/c15-11-8-10(14(16)20)4-5-12(11)17-9-13(19)18-6-2-1-3-7-18/h4-5,8,17H,1-3,6-7,9,15H2,(H2,16,20). The molecule has 108 valence electrons. The third-order valence-electron chi connectivity index (χ3n) is 3.47. The number of likely N-dealkylation sites (tertiary alicyclic amines) is 1. The van der Waals surface area contributed by atoms with Gasteiger partial charge in [0.2, 0.25) is 11.8 Å². The Bertz CT molecular complexity index is 510. The van der Waals surface area contributed by atoms with E-state index >= 15 is 0 Å². The second kappa shape index (κ2) is 6.27. The van der Waals surface area contributed by atoms with E-state index in [2.05, 4.69) is 5.32 Å². The molecule has 0 bridgehead atoms. The van der Waals surface area contributed by atoms with Crippen LogP contribution in [0.25, 0.3) is 0 Å². The number of benzene rings is 1. The highest BCUT2D eigenvalue weighted by molar-refractivity contribution is 5.95. The summed E-state index contributed by atoms with van der Waals surface area (Å²) in [6, 6.07) is 4.77. The van der Waals surface area contributed by atoms with Crippen molar-refractivity contribution in [2.24, 2.45) is 5.73 Å². The maximum absolute atomic E-state index is 12.0. The molecule has 2 rings (SSSR count). The smallest absolute Gasteiger partial charge is 0.248 e. The molecule has 0 atom stereocenters. The van der Waals surface area contributed by atoms with Gasteiger partial charge in [0.05, 0.1) is 17.9 Å². The van der Waals surface area contributed by atoms with Crippen molar-refractivity contribution in [2.75, 3.05) is 30.7 Å². The first kappa shape index (κ1) is 14.2. The van der Waals surface area contributed by atoms with Crippen LogP contribution in [0.5, 0.6) is 0 Å². The van der Waals surface area contributed by atoms with Crippen molar-refractivity contribution in [2.45, 2.75) is 19.3 Å². The summed E-state index contributed by atoms with van der Waals surface area (Å²) in [6.07, 6.45) is 3.33. The number of hydrogen-bond acceptors (Lipinski definition) is 4. The molecule has 6 nitrogen and oxygen atoms in total. The first-order valence-electron chi connectivity index (χ1n) is 6.79. The Morgan fingerprint density at radius 1 is 1.20 bits per heavy atom. The van der Waals surface area contributed by atoms with E-state index in [1.807, 2.05) is 4.90 Å². The SMILES string of the molecule is NC(=O)c1ccc(NCC(=O)N2CCCCC2)c(N)c1. The number of carbonyl (C=O) groups excluding carboxylic acids is 2. The molecule has 0 unspecified atom stereocenters. The molecule has 0 aromatic heterocycles. The van der Waals surface area contributed by atoms with Crippen LogP contribution in [0.1, 0.15) is 29.6 Å². The molecule has 0 spiro atoms. The Hall–Kier alpha value is -2.24. The zero-order chi connectivity index (χ0) is 14.5. The van der Waals surface area contributed by atoms with Gasteiger partial charge in [-0.1, -0.05) is 0 Å². The zero-order valence-electron chi connectivity index (χ0n) is 11.4. The number of nitrogens with two attached hydrogens (primary N) is 2. The molecule has 1 fully saturated rings. The highest BCUT2D eigenvalue weighted by atomic mass is 16.2. The van der Waals surface area contributed by atoms with Crippen molar-refractivity contribution in [1.29, 1.82) is 0 Å². The van der Waals surface area contributed by atoms with Gasteiger partial charge in [-0.25, -0.2) is 0 Å². The number of rotatable bonds is 4. The summed E-state index contributed by atoms with van der Waals surface area (Å²) in [4.78, 5) is 24.9. The van der Waals surface area contributed by atoms with Gasteiger partial charge in [-0.2, -0.15) is 0 Å². The number of primary amides is 1. The molecule has 1 aliphatic heterocycles. The van der Waals surface area contributed by atoms with Crippen LogP contribution in [0.4, 0.5) is 11.4 Å². The number of hydrogen-bond donors (Lipinski definition) is 3. The lowest BCUT2D eigenvalue weighted by atomic mass is 10.1. The van der Waals surface area contributed by atoms with Crippen molar-refractivity contribution >= 4 is 23.2 Å². The van der Waals surface area contributed by atoms with E-state index < -0.39 is 5.91 Å². The Kier molecular flexibility index (Phi) is 4.45. The van der Waals surface area contributed by atoms with Crippen LogP contribution in [0.3, 0.4) is 0 Å². The van der Waals surface area contributed by atoms with Gasteiger partial charge in [-0.15, -0.1) is 0 Å². The number of amides is 2. The highest BCUT2D eigenvalue weighted by Crippen LogP contribution is 2.19. The minimum Gasteiger partial charge on any atom is -0.397 e. The average molecular weight is 276 g/mol. The topological polar surface area (TPSA) is 101 Å². The van der Waals surface area contributed by atoms with Crippen LogP contribution in [0.2, 0.25) is 0 Å². The van der Waals surface area contributed by atoms with E-state index in [1.54, 1.807) is 12.1 Å². The van der Waals surface area contributed by atoms with Gasteiger partial charge < -0.3 is 21.7 Å². The Balaban J connectivity index is 1.93. The van der Waals surface area contributed by atoms with E-state index in [9.17, 15) is 9.59 Å². The van der Waals surface area contributed by atoms with Gasteiger partial charge in [0.15, 0.2) is 0 Å². The molecule has 0 aliphatic carbocycles. The predicted molar refractivity (Wildman–Crippen MR) is 78.3 cm³/mol. The number of nitrogens with zero attached hydrogens (tertiary/aromatic N) is 1. The van der Waals surface area contributed by atoms with Crippen LogP contribution in [-0.2, 0) is 4.79 Å². The molecule has 1 aromatic carbocycles. The van der Waals surface area contributed by atoms with Crippen molar-refractivity contribution in [3.8, 4) is 0 Å². The Morgan fingerprint density at radius 3 is 2.50 bits per heavy atom. The number of nitrogens with one attached hydrogen (secondary N) is 1. The van der Waals surface area contributed by atoms with E-state index in [4.69, 9.17) is 11.5 Å². The fourth-order valence-electron chi connectivity index (χ4n) is 2.30. The van der Waals surface area contributed by atoms with Crippen molar-refractivity contribution in [3.05, 3.63) is 23.8 Å². The van der Waals surface area contributed by atoms with Crippen LogP contribution in [0, 0.1) is 0 Å². The van der Waals surface area contributed by atoms with E-state index in [-0.39, 0.29) is 12.5 Å². The normalized spacial score (nSPS) is 14.9. The quantitative estimate of drug-likeness (QED) is 0.708. The summed E-state index contributed by atoms with van der Waals surface area (Å²) >= 11 is 0. The minimum atomic E-state index is -0.521. The first-order valence-corrected chi connectivity index (χ1v) is 6.79. The Labute approximate surface area is 118 Å². The third kappa shape index (κ3) is 3.40. The summed E-state index contributed by atoms with van der Waals surface area (Å²) in [5.41, 5.74) is 12.4. The Morgan fingerprint density at radius 2 is 1.90 bits per heavy atom. The molecule has 1 saturated heterocycles. The maximum Gasteiger partial charge on any atom is 0.248 e. The molecule has 0 saturated carbocycles. The first-order chi connectivity index (χ1) is 9.58. The lowest BCUT2D eigenvalue weighted by Crippen LogP contribution is -2.39. The molecule has 6 heteroatoms. The van der Waals surface area contributed by atoms with Crippen molar-refractivity contribution in [3.63, 3.8) is 0 Å². The molecular weight excluding hydrogens is 256 g/mol. The number of carbonyl (C=O) groups is 2. The average Bonchev–Trinajstić information content (AvgIpc) is 2.46. The van der Waals surface area contributed by atoms with Crippen LogP contribution in [0.15, 0.2) is 18.2 Å². The van der Waals surface area contributed by atoms with Crippen LogP contribution in [-0.4, -0.2) is 36.3 Å². The monoisotopic (exact) mass is 276 g/mol. The molecule has 1 aliphatic rings. The van der Waals surface area contributed by atoms with E-state index in [0.29, 0.717) is 16.9 Å². The minimum absolute atomic E-state index is 0.0723. The number of piperidine rings is 1. The van der Waals surface area contributed by atoms with Gasteiger partial charge in [-0.05, 0) is 37.5 Å². The van der Waals surface area contributed by atoms with Crippen LogP contribution < -0.4 is 16.8 Å². The molecule has 20 heavy (non-hydrogen) atoms. The van der Waals surface area contributed by atoms with E-state index in [0.717, 1.165) is 25.9 Å². The fraction of sp³-hybridized carbons (Fsp3) is 0.429. The summed E-state index contributed by atoms with van der Waals surface area (Å²) in [6.45, 7) is 1.87. The van der Waals surface area contributed by atoms with Crippen LogP contribution >= 0.6 is 0 Å². The van der Waals surface area contributed by atoms with E-state index in [1.165, 1.54) is 12.5 Å². The van der Waals surface area contributed by atoms with Gasteiger partial charge >= 0.3 is 0 Å². The number of anilines is 2. The lowest BCUT2D eigenvalue weighted by Gasteiger charge is -2.27. The summed E-state index contributed by atoms with van der Waals surface area (Å²) in [7, 11) is 0. The zero-order valence-corrected chi connectivity index (χ0v) is 11.4. The lowest BCUT2D eigenvalue weighted by molar-refractivity contribution is -0.130. The predicted octanol–water partition coefficient (Wildman–Crippen LogP) is 0.792. The van der Waals surface area contributed by atoms with Crippen molar-refractivity contribution in [1.82, 2.24) is 4.90 Å². The summed E-state index contributed by atoms with van der Waals surface area (Å²) < 4.78 is 0. The summed E-state index contributed by atoms with van der Waals surface area (Å²) in [5, 5.41) is 3.01. The fourth-order valence-corrected chi connectivity index (χ4v) is 2.30. The molecular formula is C14H20N4O2. The summed E-state index contributed by atoms with van der Waals surface area (Å²) in [5.74, 6) is -0.448. The van der Waals surface area contributed by atoms with Gasteiger partial charge in [0.25, 0.3) is 0 Å². The molecule has 2 amide bonds. The largest absolute Gasteiger partial charge is 0.397 e. The molecule has 1 heterocycles. The highest BCUT2D eigenvalue weighted by Gasteiger charge is 2.16. The third-order valence-corrected chi connectivity index (χ3v) is 3.47. The molecule has 1 aromatic rings.